The van der Waals surface area contributed by atoms with Crippen LogP contribution in [0.15, 0.2) is 24.3 Å². The van der Waals surface area contributed by atoms with Gasteiger partial charge in [-0.15, -0.1) is 0 Å². The van der Waals surface area contributed by atoms with Gasteiger partial charge < -0.3 is 15.2 Å². The zero-order valence-corrected chi connectivity index (χ0v) is 13.1. The number of alkyl halides is 2. The Bertz CT molecular complexity index is 514. The number of halogens is 2. The number of para-hydroxylation sites is 1. The van der Waals surface area contributed by atoms with Crippen LogP contribution in [0.25, 0.3) is 0 Å². The average Bonchev–Trinajstić information content (AvgIpc) is 2.72. The number of carbonyl (C=O) groups is 1. The predicted molar refractivity (Wildman–Crippen MR) is 82.4 cm³/mol. The van der Waals surface area contributed by atoms with Crippen LogP contribution in [-0.4, -0.2) is 29.8 Å². The first-order valence-corrected chi connectivity index (χ1v) is 8.00. The number of rotatable bonds is 6. The molecular weight excluding hydrogens is 304 g/mol. The van der Waals surface area contributed by atoms with Crippen molar-refractivity contribution in [2.75, 3.05) is 6.54 Å². The van der Waals surface area contributed by atoms with Crippen molar-refractivity contribution < 1.29 is 23.4 Å². The molecule has 1 aromatic rings. The Balaban J connectivity index is 1.89. The highest BCUT2D eigenvalue weighted by atomic mass is 19.3. The Kier molecular flexibility index (Phi) is 6.33. The van der Waals surface area contributed by atoms with Crippen molar-refractivity contribution in [1.82, 2.24) is 5.32 Å². The number of aliphatic hydroxyl groups is 1. The molecular formula is C17H23F2NO3. The standard InChI is InChI=1S/C17H23F2NO3/c18-16(19)23-14-8-4-3-7-13(14)11-15(21)20-12-17(22)9-5-1-2-6-10-17/h3-4,7-8,16,22H,1-2,5-6,9-12H2,(H,20,21). The number of ether oxygens (including phenoxy) is 1. The largest absolute Gasteiger partial charge is 0.435 e. The van der Waals surface area contributed by atoms with Crippen molar-refractivity contribution in [1.29, 1.82) is 0 Å². The van der Waals surface area contributed by atoms with E-state index in [9.17, 15) is 18.7 Å². The smallest absolute Gasteiger partial charge is 0.387 e. The summed E-state index contributed by atoms with van der Waals surface area (Å²) in [6.07, 6.45) is 5.42. The van der Waals surface area contributed by atoms with Crippen molar-refractivity contribution in [3.63, 3.8) is 0 Å². The fourth-order valence-corrected chi connectivity index (χ4v) is 2.92. The molecule has 0 radical (unpaired) electrons. The maximum atomic E-state index is 12.4. The second-order valence-corrected chi connectivity index (χ2v) is 6.08. The maximum absolute atomic E-state index is 12.4. The fourth-order valence-electron chi connectivity index (χ4n) is 2.92. The number of nitrogens with one attached hydrogen (secondary N) is 1. The van der Waals surface area contributed by atoms with Gasteiger partial charge in [-0.2, -0.15) is 8.78 Å². The van der Waals surface area contributed by atoms with Crippen LogP contribution < -0.4 is 10.1 Å². The SMILES string of the molecule is O=C(Cc1ccccc1OC(F)F)NCC1(O)CCCCCC1. The van der Waals surface area contributed by atoms with Crippen LogP contribution in [0.5, 0.6) is 5.75 Å². The van der Waals surface area contributed by atoms with E-state index in [0.29, 0.717) is 18.4 Å². The van der Waals surface area contributed by atoms with Crippen LogP contribution in [0.2, 0.25) is 0 Å². The zero-order chi connectivity index (χ0) is 16.7. The number of benzene rings is 1. The number of hydrogen-bond acceptors (Lipinski definition) is 3. The number of hydrogen-bond donors (Lipinski definition) is 2. The van der Waals surface area contributed by atoms with Crippen LogP contribution in [0.1, 0.15) is 44.1 Å². The summed E-state index contributed by atoms with van der Waals surface area (Å²) in [6.45, 7) is -2.73. The second-order valence-electron chi connectivity index (χ2n) is 6.08. The lowest BCUT2D eigenvalue weighted by molar-refractivity contribution is -0.122. The van der Waals surface area contributed by atoms with Crippen molar-refractivity contribution >= 4 is 5.91 Å². The highest BCUT2D eigenvalue weighted by Gasteiger charge is 2.28. The van der Waals surface area contributed by atoms with E-state index in [2.05, 4.69) is 10.1 Å². The first-order chi connectivity index (χ1) is 11.0. The van der Waals surface area contributed by atoms with E-state index in [4.69, 9.17) is 0 Å². The Hall–Kier alpha value is -1.69. The molecule has 6 heteroatoms. The highest BCUT2D eigenvalue weighted by molar-refractivity contribution is 5.79. The molecule has 0 bridgehead atoms. The summed E-state index contributed by atoms with van der Waals surface area (Å²) < 4.78 is 29.1. The van der Waals surface area contributed by atoms with Crippen LogP contribution >= 0.6 is 0 Å². The molecule has 0 heterocycles. The molecule has 23 heavy (non-hydrogen) atoms. The first-order valence-electron chi connectivity index (χ1n) is 8.00. The molecule has 0 aromatic heterocycles. The highest BCUT2D eigenvalue weighted by Crippen LogP contribution is 2.26. The topological polar surface area (TPSA) is 58.6 Å². The van der Waals surface area contributed by atoms with E-state index in [1.807, 2.05) is 0 Å². The molecule has 1 aliphatic rings. The summed E-state index contributed by atoms with van der Waals surface area (Å²) in [7, 11) is 0. The van der Waals surface area contributed by atoms with Gasteiger partial charge in [-0.25, -0.2) is 0 Å². The maximum Gasteiger partial charge on any atom is 0.387 e. The second kappa shape index (κ2) is 8.24. The number of carbonyl (C=O) groups excluding carboxylic acids is 1. The van der Waals surface area contributed by atoms with Gasteiger partial charge in [0.15, 0.2) is 0 Å². The third-order valence-electron chi connectivity index (χ3n) is 4.19. The van der Waals surface area contributed by atoms with Gasteiger partial charge in [-0.1, -0.05) is 43.9 Å². The molecule has 2 rings (SSSR count). The molecule has 2 N–H and O–H groups in total. The minimum atomic E-state index is -2.93. The van der Waals surface area contributed by atoms with Gasteiger partial charge in [0.25, 0.3) is 0 Å². The molecule has 0 saturated heterocycles. The predicted octanol–water partition coefficient (Wildman–Crippen LogP) is 3.03. The minimum absolute atomic E-state index is 0.00540. The van der Waals surface area contributed by atoms with Crippen LogP contribution in [0.3, 0.4) is 0 Å². The van der Waals surface area contributed by atoms with Gasteiger partial charge in [0.1, 0.15) is 5.75 Å². The van der Waals surface area contributed by atoms with Gasteiger partial charge in [-0.05, 0) is 18.9 Å². The first kappa shape index (κ1) is 17.7. The zero-order valence-electron chi connectivity index (χ0n) is 13.1. The third kappa shape index (κ3) is 5.78. The van der Waals surface area contributed by atoms with Gasteiger partial charge in [0, 0.05) is 12.1 Å². The molecule has 1 aromatic carbocycles. The van der Waals surface area contributed by atoms with E-state index in [1.54, 1.807) is 18.2 Å². The van der Waals surface area contributed by atoms with E-state index >= 15 is 0 Å². The van der Waals surface area contributed by atoms with E-state index in [0.717, 1.165) is 25.7 Å². The van der Waals surface area contributed by atoms with Gasteiger partial charge in [0.05, 0.1) is 12.0 Å². The molecule has 4 nitrogen and oxygen atoms in total. The molecule has 1 fully saturated rings. The van der Waals surface area contributed by atoms with E-state index in [-0.39, 0.29) is 24.6 Å². The molecule has 128 valence electrons. The molecule has 0 aliphatic heterocycles. The Morgan fingerprint density at radius 2 is 1.87 bits per heavy atom. The molecule has 1 amide bonds. The Labute approximate surface area is 134 Å². The van der Waals surface area contributed by atoms with Crippen LogP contribution in [0, 0.1) is 0 Å². The third-order valence-corrected chi connectivity index (χ3v) is 4.19. The molecule has 0 unspecified atom stereocenters. The lowest BCUT2D eigenvalue weighted by Crippen LogP contribution is -2.43. The molecule has 1 aliphatic carbocycles. The van der Waals surface area contributed by atoms with Crippen LogP contribution in [0.4, 0.5) is 8.78 Å². The average molecular weight is 327 g/mol. The van der Waals surface area contributed by atoms with E-state index < -0.39 is 12.2 Å². The van der Waals surface area contributed by atoms with E-state index in [1.165, 1.54) is 6.07 Å². The monoisotopic (exact) mass is 327 g/mol. The molecule has 0 spiro atoms. The molecule has 1 saturated carbocycles. The molecule has 0 atom stereocenters. The Morgan fingerprint density at radius 3 is 2.52 bits per heavy atom. The Morgan fingerprint density at radius 1 is 1.22 bits per heavy atom. The summed E-state index contributed by atoms with van der Waals surface area (Å²) in [6, 6.07) is 6.23. The summed E-state index contributed by atoms with van der Waals surface area (Å²) in [5.41, 5.74) is -0.455. The van der Waals surface area contributed by atoms with Gasteiger partial charge in [0.2, 0.25) is 5.91 Å². The van der Waals surface area contributed by atoms with Crippen molar-refractivity contribution in [3.05, 3.63) is 29.8 Å². The van der Waals surface area contributed by atoms with Crippen LogP contribution in [-0.2, 0) is 11.2 Å². The summed E-state index contributed by atoms with van der Waals surface area (Å²) in [5.74, 6) is -0.307. The summed E-state index contributed by atoms with van der Waals surface area (Å²) in [4.78, 5) is 12.1. The van der Waals surface area contributed by atoms with Crippen molar-refractivity contribution in [2.45, 2.75) is 57.2 Å². The van der Waals surface area contributed by atoms with Crippen molar-refractivity contribution in [3.8, 4) is 5.75 Å². The lowest BCUT2D eigenvalue weighted by atomic mass is 9.94. The minimum Gasteiger partial charge on any atom is -0.435 e. The number of amides is 1. The summed E-state index contributed by atoms with van der Waals surface area (Å²) in [5, 5.41) is 13.2. The van der Waals surface area contributed by atoms with Crippen molar-refractivity contribution in [2.24, 2.45) is 0 Å². The quantitative estimate of drug-likeness (QED) is 0.790. The lowest BCUT2D eigenvalue weighted by Gasteiger charge is -2.26. The van der Waals surface area contributed by atoms with Gasteiger partial charge in [-0.3, -0.25) is 4.79 Å². The normalized spacial score (nSPS) is 17.6. The fraction of sp³-hybridized carbons (Fsp3) is 0.588. The van der Waals surface area contributed by atoms with Gasteiger partial charge >= 0.3 is 6.61 Å². The summed E-state index contributed by atoms with van der Waals surface area (Å²) >= 11 is 0.